The maximum Gasteiger partial charge on any atom is 0.234 e. The molecule has 0 saturated carbocycles. The Labute approximate surface area is 117 Å². The summed E-state index contributed by atoms with van der Waals surface area (Å²) in [4.78, 5) is 11.7. The van der Waals surface area contributed by atoms with E-state index in [2.05, 4.69) is 15.5 Å². The van der Waals surface area contributed by atoms with Crippen LogP contribution in [0.2, 0.25) is 5.02 Å². The minimum Gasteiger partial charge on any atom is -0.397 e. The first kappa shape index (κ1) is 13.1. The molecule has 2 rings (SSSR count). The Kier molecular flexibility index (Phi) is 4.40. The van der Waals surface area contributed by atoms with Crippen LogP contribution in [0.15, 0.2) is 28.0 Å². The molecule has 0 unspecified atom stereocenters. The number of nitrogen functional groups attached to an aromatic ring is 1. The molecule has 0 aliphatic heterocycles. The number of anilines is 2. The third kappa shape index (κ3) is 3.59. The molecule has 0 radical (unpaired) electrons. The number of nitrogens with one attached hydrogen (secondary N) is 1. The van der Waals surface area contributed by atoms with E-state index in [-0.39, 0.29) is 11.7 Å². The first-order valence-electron chi connectivity index (χ1n) is 4.89. The van der Waals surface area contributed by atoms with Crippen LogP contribution < -0.4 is 11.1 Å². The Bertz CT molecular complexity index is 547. The lowest BCUT2D eigenvalue weighted by Gasteiger charge is -2.07. The number of aromatic nitrogens is 2. The molecule has 0 bridgehead atoms. The Morgan fingerprint density at radius 2 is 2.39 bits per heavy atom. The van der Waals surface area contributed by atoms with E-state index < -0.39 is 0 Å². The minimum atomic E-state index is -0.149. The first-order valence-corrected chi connectivity index (χ1v) is 7.13. The molecule has 0 aliphatic carbocycles. The van der Waals surface area contributed by atoms with Crippen LogP contribution in [-0.2, 0) is 4.79 Å². The van der Waals surface area contributed by atoms with Crippen LogP contribution >= 0.6 is 34.7 Å². The zero-order valence-electron chi connectivity index (χ0n) is 9.09. The summed E-state index contributed by atoms with van der Waals surface area (Å²) in [6.07, 6.45) is 0. The van der Waals surface area contributed by atoms with Crippen molar-refractivity contribution in [2.75, 3.05) is 16.8 Å². The van der Waals surface area contributed by atoms with E-state index in [9.17, 15) is 4.79 Å². The maximum atomic E-state index is 11.7. The van der Waals surface area contributed by atoms with E-state index in [1.54, 1.807) is 23.7 Å². The number of halogens is 1. The highest BCUT2D eigenvalue weighted by Gasteiger charge is 2.07. The fourth-order valence-corrected chi connectivity index (χ4v) is 2.66. The lowest BCUT2D eigenvalue weighted by Crippen LogP contribution is -2.15. The van der Waals surface area contributed by atoms with E-state index in [0.29, 0.717) is 16.4 Å². The number of carbonyl (C=O) groups is 1. The predicted octanol–water partition coefficient (Wildman–Crippen LogP) is 2.50. The zero-order chi connectivity index (χ0) is 13.0. The van der Waals surface area contributed by atoms with Crippen LogP contribution in [-0.4, -0.2) is 21.9 Å². The number of thioether (sulfide) groups is 1. The van der Waals surface area contributed by atoms with Gasteiger partial charge in [0.2, 0.25) is 5.91 Å². The van der Waals surface area contributed by atoms with E-state index >= 15 is 0 Å². The standard InChI is InChI=1S/C10H9ClN4OS2/c11-6-1-2-8(7(12)3-6)14-9(16)4-17-10-15-13-5-18-10/h1-3,5H,4,12H2,(H,14,16). The number of nitrogens with two attached hydrogens (primary N) is 1. The number of carbonyl (C=O) groups excluding carboxylic acids is 1. The van der Waals surface area contributed by atoms with Gasteiger partial charge in [0.25, 0.3) is 0 Å². The lowest BCUT2D eigenvalue weighted by atomic mass is 10.2. The molecule has 1 amide bonds. The van der Waals surface area contributed by atoms with Crippen molar-refractivity contribution >= 4 is 52.0 Å². The molecule has 94 valence electrons. The van der Waals surface area contributed by atoms with Crippen molar-refractivity contribution in [1.82, 2.24) is 10.2 Å². The van der Waals surface area contributed by atoms with Gasteiger partial charge >= 0.3 is 0 Å². The molecule has 1 heterocycles. The number of benzene rings is 1. The van der Waals surface area contributed by atoms with Gasteiger partial charge in [0.1, 0.15) is 5.51 Å². The minimum absolute atomic E-state index is 0.149. The highest BCUT2D eigenvalue weighted by molar-refractivity contribution is 8.01. The van der Waals surface area contributed by atoms with Crippen LogP contribution in [0.1, 0.15) is 0 Å². The van der Waals surface area contributed by atoms with Gasteiger partial charge in [-0.05, 0) is 18.2 Å². The molecule has 18 heavy (non-hydrogen) atoms. The third-order valence-corrected chi connectivity index (χ3v) is 4.05. The van der Waals surface area contributed by atoms with Crippen LogP contribution in [0.3, 0.4) is 0 Å². The summed E-state index contributed by atoms with van der Waals surface area (Å²) < 4.78 is 0.759. The number of hydrogen-bond acceptors (Lipinski definition) is 6. The van der Waals surface area contributed by atoms with Crippen molar-refractivity contribution in [3.8, 4) is 0 Å². The Morgan fingerprint density at radius 3 is 3.06 bits per heavy atom. The Hall–Kier alpha value is -1.31. The summed E-state index contributed by atoms with van der Waals surface area (Å²) in [5.74, 6) is 0.112. The molecule has 1 aromatic heterocycles. The van der Waals surface area contributed by atoms with Crippen molar-refractivity contribution in [2.45, 2.75) is 4.34 Å². The van der Waals surface area contributed by atoms with Crippen LogP contribution in [0, 0.1) is 0 Å². The molecule has 8 heteroatoms. The van der Waals surface area contributed by atoms with Gasteiger partial charge < -0.3 is 11.1 Å². The Balaban J connectivity index is 1.91. The summed E-state index contributed by atoms with van der Waals surface area (Å²) in [5.41, 5.74) is 8.36. The Morgan fingerprint density at radius 1 is 1.56 bits per heavy atom. The second-order valence-corrected chi connectivity index (χ2v) is 5.77. The van der Waals surface area contributed by atoms with Gasteiger partial charge in [-0.1, -0.05) is 34.7 Å². The molecule has 5 nitrogen and oxygen atoms in total. The third-order valence-electron chi connectivity index (χ3n) is 1.95. The van der Waals surface area contributed by atoms with Crippen molar-refractivity contribution < 1.29 is 4.79 Å². The monoisotopic (exact) mass is 300 g/mol. The molecular formula is C10H9ClN4OS2. The molecule has 0 aliphatic rings. The lowest BCUT2D eigenvalue weighted by molar-refractivity contribution is -0.113. The number of amides is 1. The van der Waals surface area contributed by atoms with Crippen molar-refractivity contribution in [3.63, 3.8) is 0 Å². The highest BCUT2D eigenvalue weighted by Crippen LogP contribution is 2.23. The van der Waals surface area contributed by atoms with Crippen LogP contribution in [0.4, 0.5) is 11.4 Å². The number of rotatable bonds is 4. The molecule has 2 aromatic rings. The van der Waals surface area contributed by atoms with Gasteiger partial charge in [0.15, 0.2) is 4.34 Å². The van der Waals surface area contributed by atoms with E-state index in [1.807, 2.05) is 0 Å². The summed E-state index contributed by atoms with van der Waals surface area (Å²) in [7, 11) is 0. The SMILES string of the molecule is Nc1cc(Cl)ccc1NC(=O)CSc1nncs1. The van der Waals surface area contributed by atoms with Gasteiger partial charge in [0.05, 0.1) is 17.1 Å². The fraction of sp³-hybridized carbons (Fsp3) is 0.100. The molecule has 3 N–H and O–H groups in total. The second kappa shape index (κ2) is 6.03. The first-order chi connectivity index (χ1) is 8.65. The van der Waals surface area contributed by atoms with E-state index in [1.165, 1.54) is 23.1 Å². The van der Waals surface area contributed by atoms with Crippen molar-refractivity contribution in [2.24, 2.45) is 0 Å². The normalized spacial score (nSPS) is 10.3. The van der Waals surface area contributed by atoms with Gasteiger partial charge in [-0.3, -0.25) is 4.79 Å². The molecule has 0 spiro atoms. The second-order valence-electron chi connectivity index (χ2n) is 3.27. The number of nitrogens with zero attached hydrogens (tertiary/aromatic N) is 2. The highest BCUT2D eigenvalue weighted by atomic mass is 35.5. The summed E-state index contributed by atoms with van der Waals surface area (Å²) in [6.45, 7) is 0. The van der Waals surface area contributed by atoms with Crippen molar-refractivity contribution in [3.05, 3.63) is 28.7 Å². The van der Waals surface area contributed by atoms with Gasteiger partial charge in [-0.15, -0.1) is 10.2 Å². The van der Waals surface area contributed by atoms with E-state index in [0.717, 1.165) is 4.34 Å². The molecular weight excluding hydrogens is 292 g/mol. The summed E-state index contributed by atoms with van der Waals surface area (Å²) in [6, 6.07) is 4.94. The maximum absolute atomic E-state index is 11.7. The average Bonchev–Trinajstić information content (AvgIpc) is 2.83. The molecule has 0 atom stereocenters. The summed E-state index contributed by atoms with van der Waals surface area (Å²) >= 11 is 8.50. The van der Waals surface area contributed by atoms with Crippen LogP contribution in [0.25, 0.3) is 0 Å². The van der Waals surface area contributed by atoms with Crippen LogP contribution in [0.5, 0.6) is 0 Å². The van der Waals surface area contributed by atoms with Gasteiger partial charge in [-0.25, -0.2) is 0 Å². The van der Waals surface area contributed by atoms with Gasteiger partial charge in [-0.2, -0.15) is 0 Å². The van der Waals surface area contributed by atoms with E-state index in [4.69, 9.17) is 17.3 Å². The smallest absolute Gasteiger partial charge is 0.234 e. The topological polar surface area (TPSA) is 80.9 Å². The molecule has 1 aromatic carbocycles. The fourth-order valence-electron chi connectivity index (χ4n) is 1.19. The van der Waals surface area contributed by atoms with Gasteiger partial charge in [0, 0.05) is 5.02 Å². The summed E-state index contributed by atoms with van der Waals surface area (Å²) in [5, 5.41) is 10.8. The zero-order valence-corrected chi connectivity index (χ0v) is 11.5. The largest absolute Gasteiger partial charge is 0.397 e. The average molecular weight is 301 g/mol. The predicted molar refractivity (Wildman–Crippen MR) is 75.1 cm³/mol. The van der Waals surface area contributed by atoms with Crippen molar-refractivity contribution in [1.29, 1.82) is 0 Å². The number of hydrogen-bond donors (Lipinski definition) is 2. The quantitative estimate of drug-likeness (QED) is 0.670. The molecule has 0 saturated heterocycles. The molecule has 0 fully saturated rings.